The van der Waals surface area contributed by atoms with Crippen molar-refractivity contribution < 1.29 is 14.7 Å². The van der Waals surface area contributed by atoms with E-state index in [-0.39, 0.29) is 18.4 Å². The van der Waals surface area contributed by atoms with Gasteiger partial charge in [0.2, 0.25) is 0 Å². The molecule has 2 rings (SSSR count). The molecule has 0 saturated carbocycles. The van der Waals surface area contributed by atoms with E-state index in [1.54, 1.807) is 6.92 Å². The second-order valence-corrected chi connectivity index (χ2v) is 5.20. The number of benzene rings is 1. The van der Waals surface area contributed by atoms with E-state index in [4.69, 9.17) is 5.11 Å². The van der Waals surface area contributed by atoms with Crippen molar-refractivity contribution in [2.24, 2.45) is 0 Å². The van der Waals surface area contributed by atoms with Crippen molar-refractivity contribution in [2.75, 3.05) is 0 Å². The fourth-order valence-electron chi connectivity index (χ4n) is 1.70. The number of hydrogen-bond donors (Lipinski definition) is 2. The van der Waals surface area contributed by atoms with Crippen molar-refractivity contribution in [3.63, 3.8) is 0 Å². The maximum Gasteiger partial charge on any atom is 0.305 e. The highest BCUT2D eigenvalue weighted by Crippen LogP contribution is 2.25. The van der Waals surface area contributed by atoms with Gasteiger partial charge < -0.3 is 10.4 Å². The van der Waals surface area contributed by atoms with Crippen LogP contribution in [0, 0.1) is 0 Å². The largest absolute Gasteiger partial charge is 0.481 e. The van der Waals surface area contributed by atoms with Crippen molar-refractivity contribution in [2.45, 2.75) is 19.4 Å². The maximum absolute atomic E-state index is 11.9. The Kier molecular flexibility index (Phi) is 3.62. The molecule has 0 aliphatic heterocycles. The van der Waals surface area contributed by atoms with Gasteiger partial charge in [0.25, 0.3) is 5.91 Å². The van der Waals surface area contributed by atoms with Crippen LogP contribution in [0.1, 0.15) is 23.0 Å². The van der Waals surface area contributed by atoms with Gasteiger partial charge in [-0.2, -0.15) is 0 Å². The topological polar surface area (TPSA) is 66.4 Å². The SMILES string of the molecule is CC(CC(=O)O)NC(=O)c1cc2ccccc2s1. The third kappa shape index (κ3) is 2.87. The molecule has 1 atom stereocenters. The van der Waals surface area contributed by atoms with Crippen molar-refractivity contribution in [1.29, 1.82) is 0 Å². The van der Waals surface area contributed by atoms with Gasteiger partial charge in [-0.25, -0.2) is 0 Å². The Bertz CT molecular complexity index is 558. The standard InChI is InChI=1S/C13H13NO3S/c1-8(6-12(15)16)14-13(17)11-7-9-4-2-3-5-10(9)18-11/h2-5,7-8H,6H2,1H3,(H,14,17)(H,15,16). The van der Waals surface area contributed by atoms with Gasteiger partial charge >= 0.3 is 5.97 Å². The summed E-state index contributed by atoms with van der Waals surface area (Å²) in [6.45, 7) is 1.68. The summed E-state index contributed by atoms with van der Waals surface area (Å²) in [4.78, 5) is 23.0. The average molecular weight is 263 g/mol. The number of rotatable bonds is 4. The van der Waals surface area contributed by atoms with Gasteiger partial charge in [-0.1, -0.05) is 18.2 Å². The summed E-state index contributed by atoms with van der Waals surface area (Å²) in [6, 6.07) is 9.20. The molecule has 1 aromatic heterocycles. The number of carbonyl (C=O) groups is 2. The van der Waals surface area contributed by atoms with Crippen molar-refractivity contribution in [3.05, 3.63) is 35.2 Å². The molecule has 0 saturated heterocycles. The monoisotopic (exact) mass is 263 g/mol. The van der Waals surface area contributed by atoms with Crippen LogP contribution in [0.2, 0.25) is 0 Å². The molecule has 1 unspecified atom stereocenters. The lowest BCUT2D eigenvalue weighted by Crippen LogP contribution is -2.33. The zero-order chi connectivity index (χ0) is 13.1. The van der Waals surface area contributed by atoms with Crippen molar-refractivity contribution >= 4 is 33.3 Å². The highest BCUT2D eigenvalue weighted by atomic mass is 32.1. The molecule has 0 aliphatic rings. The van der Waals surface area contributed by atoms with Gasteiger partial charge in [0.1, 0.15) is 0 Å². The highest BCUT2D eigenvalue weighted by Gasteiger charge is 2.14. The van der Waals surface area contributed by atoms with Crippen LogP contribution in [0.5, 0.6) is 0 Å². The number of amides is 1. The molecule has 0 aliphatic carbocycles. The van der Waals surface area contributed by atoms with Crippen LogP contribution >= 0.6 is 11.3 Å². The molecule has 18 heavy (non-hydrogen) atoms. The van der Waals surface area contributed by atoms with Crippen molar-refractivity contribution in [3.8, 4) is 0 Å². The predicted molar refractivity (Wildman–Crippen MR) is 71.0 cm³/mol. The Balaban J connectivity index is 2.11. The molecule has 1 amide bonds. The third-order valence-corrected chi connectivity index (χ3v) is 3.62. The summed E-state index contributed by atoms with van der Waals surface area (Å²) in [5.41, 5.74) is 0. The zero-order valence-electron chi connectivity index (χ0n) is 9.84. The molecule has 1 heterocycles. The third-order valence-electron chi connectivity index (χ3n) is 2.51. The highest BCUT2D eigenvalue weighted by molar-refractivity contribution is 7.20. The molecule has 4 nitrogen and oxygen atoms in total. The number of carboxylic acids is 1. The smallest absolute Gasteiger partial charge is 0.305 e. The number of carboxylic acid groups (broad SMARTS) is 1. The Morgan fingerprint density at radius 3 is 2.78 bits per heavy atom. The lowest BCUT2D eigenvalue weighted by atomic mass is 10.2. The van der Waals surface area contributed by atoms with Crippen LogP contribution in [-0.4, -0.2) is 23.0 Å². The molecule has 2 N–H and O–H groups in total. The van der Waals surface area contributed by atoms with Crippen molar-refractivity contribution in [1.82, 2.24) is 5.32 Å². The van der Waals surface area contributed by atoms with E-state index in [2.05, 4.69) is 5.32 Å². The Labute approximate surface area is 108 Å². The van der Waals surface area contributed by atoms with Crippen LogP contribution in [0.15, 0.2) is 30.3 Å². The lowest BCUT2D eigenvalue weighted by molar-refractivity contribution is -0.137. The molecular formula is C13H13NO3S. The van der Waals surface area contributed by atoms with Crippen LogP contribution in [0.4, 0.5) is 0 Å². The summed E-state index contributed by atoms with van der Waals surface area (Å²) in [5.74, 6) is -1.14. The fourth-order valence-corrected chi connectivity index (χ4v) is 2.67. The molecule has 1 aromatic carbocycles. The summed E-state index contributed by atoms with van der Waals surface area (Å²) in [6.07, 6.45) is -0.0728. The molecular weight excluding hydrogens is 250 g/mol. The van der Waals surface area contributed by atoms with Gasteiger partial charge in [-0.05, 0) is 24.4 Å². The van der Waals surface area contributed by atoms with Gasteiger partial charge in [-0.3, -0.25) is 9.59 Å². The van der Waals surface area contributed by atoms with Gasteiger partial charge in [0.15, 0.2) is 0 Å². The van der Waals surface area contributed by atoms with Gasteiger partial charge in [0, 0.05) is 10.7 Å². The second kappa shape index (κ2) is 5.18. The van der Waals surface area contributed by atoms with Gasteiger partial charge in [-0.15, -0.1) is 11.3 Å². The summed E-state index contributed by atoms with van der Waals surface area (Å²) in [5, 5.41) is 12.3. The lowest BCUT2D eigenvalue weighted by Gasteiger charge is -2.09. The molecule has 5 heteroatoms. The normalized spacial score (nSPS) is 12.3. The fraction of sp³-hybridized carbons (Fsp3) is 0.231. The first-order valence-corrected chi connectivity index (χ1v) is 6.39. The second-order valence-electron chi connectivity index (χ2n) is 4.12. The number of hydrogen-bond acceptors (Lipinski definition) is 3. The molecule has 0 spiro atoms. The minimum atomic E-state index is -0.917. The molecule has 94 valence electrons. The maximum atomic E-state index is 11.9. The molecule has 0 fully saturated rings. The summed E-state index contributed by atoms with van der Waals surface area (Å²) in [7, 11) is 0. The Morgan fingerprint density at radius 1 is 1.39 bits per heavy atom. The predicted octanol–water partition coefficient (Wildman–Crippen LogP) is 2.49. The Hall–Kier alpha value is -1.88. The van der Waals surface area contributed by atoms with E-state index in [1.165, 1.54) is 11.3 Å². The minimum absolute atomic E-state index is 0.0728. The number of carbonyl (C=O) groups excluding carboxylic acids is 1. The van der Waals surface area contributed by atoms with Crippen LogP contribution in [0.3, 0.4) is 0 Å². The van der Waals surface area contributed by atoms with E-state index in [1.807, 2.05) is 30.3 Å². The van der Waals surface area contributed by atoms with Crippen LogP contribution < -0.4 is 5.32 Å². The van der Waals surface area contributed by atoms with E-state index in [9.17, 15) is 9.59 Å². The summed E-state index contributed by atoms with van der Waals surface area (Å²) >= 11 is 1.41. The van der Waals surface area contributed by atoms with Crippen LogP contribution in [-0.2, 0) is 4.79 Å². The van der Waals surface area contributed by atoms with E-state index in [0.717, 1.165) is 10.1 Å². The quantitative estimate of drug-likeness (QED) is 0.890. The first-order valence-electron chi connectivity index (χ1n) is 5.57. The first kappa shape index (κ1) is 12.6. The summed E-state index contributed by atoms with van der Waals surface area (Å²) < 4.78 is 1.05. The number of aliphatic carboxylic acids is 1. The molecule has 0 radical (unpaired) electrons. The number of thiophene rings is 1. The first-order chi connectivity index (χ1) is 8.56. The molecule has 0 bridgehead atoms. The van der Waals surface area contributed by atoms with E-state index < -0.39 is 5.97 Å². The number of nitrogens with one attached hydrogen (secondary N) is 1. The minimum Gasteiger partial charge on any atom is -0.481 e. The zero-order valence-corrected chi connectivity index (χ0v) is 10.7. The Morgan fingerprint density at radius 2 is 2.11 bits per heavy atom. The van der Waals surface area contributed by atoms with E-state index >= 15 is 0 Å². The van der Waals surface area contributed by atoms with E-state index in [0.29, 0.717) is 4.88 Å². The molecule has 2 aromatic rings. The average Bonchev–Trinajstić information content (AvgIpc) is 2.71. The van der Waals surface area contributed by atoms with Crippen LogP contribution in [0.25, 0.3) is 10.1 Å². The van der Waals surface area contributed by atoms with Gasteiger partial charge in [0.05, 0.1) is 11.3 Å². The number of fused-ring (bicyclic) bond motifs is 1.